The van der Waals surface area contributed by atoms with Gasteiger partial charge in [-0.2, -0.15) is 0 Å². The number of hydrogen-bond acceptors (Lipinski definition) is 4. The summed E-state index contributed by atoms with van der Waals surface area (Å²) in [7, 11) is 0. The maximum absolute atomic E-state index is 13.2. The molecule has 1 aliphatic rings. The van der Waals surface area contributed by atoms with E-state index in [9.17, 15) is 14.0 Å². The summed E-state index contributed by atoms with van der Waals surface area (Å²) in [6.45, 7) is 3.33. The number of rotatable bonds is 4. The van der Waals surface area contributed by atoms with Crippen molar-refractivity contribution in [2.24, 2.45) is 0 Å². The smallest absolute Gasteiger partial charge is 0.289 e. The van der Waals surface area contributed by atoms with E-state index in [1.165, 1.54) is 24.5 Å². The molecule has 1 aromatic heterocycles. The molecule has 1 saturated heterocycles. The third kappa shape index (κ3) is 3.99. The van der Waals surface area contributed by atoms with Crippen molar-refractivity contribution in [3.63, 3.8) is 0 Å². The number of carbonyl (C=O) groups is 2. The van der Waals surface area contributed by atoms with E-state index in [0.717, 1.165) is 0 Å². The van der Waals surface area contributed by atoms with E-state index in [2.05, 4.69) is 0 Å². The highest BCUT2D eigenvalue weighted by atomic mass is 19.1. The number of benzene rings is 1. The molecule has 1 fully saturated rings. The summed E-state index contributed by atoms with van der Waals surface area (Å²) in [6.07, 6.45) is 0.729. The normalized spacial score (nSPS) is 15.8. The first-order valence-corrected chi connectivity index (χ1v) is 8.08. The van der Waals surface area contributed by atoms with Crippen LogP contribution in [0.5, 0.6) is 5.75 Å². The van der Waals surface area contributed by atoms with Crippen LogP contribution >= 0.6 is 0 Å². The molecule has 132 valence electrons. The Bertz CT molecular complexity index is 739. The van der Waals surface area contributed by atoms with E-state index in [1.54, 1.807) is 34.9 Å². The Balaban J connectivity index is 1.53. The van der Waals surface area contributed by atoms with Gasteiger partial charge in [-0.05, 0) is 31.2 Å². The fraction of sp³-hybridized carbons (Fsp3) is 0.333. The van der Waals surface area contributed by atoms with Gasteiger partial charge in [-0.15, -0.1) is 0 Å². The van der Waals surface area contributed by atoms with Crippen LogP contribution in [0, 0.1) is 5.82 Å². The number of amides is 2. The summed E-state index contributed by atoms with van der Waals surface area (Å²) < 4.78 is 23.8. The highest BCUT2D eigenvalue weighted by molar-refractivity contribution is 5.91. The van der Waals surface area contributed by atoms with Gasteiger partial charge in [0, 0.05) is 32.2 Å². The van der Waals surface area contributed by atoms with Crippen LogP contribution in [-0.2, 0) is 4.79 Å². The summed E-state index contributed by atoms with van der Waals surface area (Å²) in [5.74, 6) is -0.173. The molecule has 1 unspecified atom stereocenters. The lowest BCUT2D eigenvalue weighted by molar-refractivity contribution is -0.139. The minimum Gasteiger partial charge on any atom is -0.481 e. The number of piperazine rings is 1. The summed E-state index contributed by atoms with van der Waals surface area (Å²) in [5.41, 5.74) is 0. The summed E-state index contributed by atoms with van der Waals surface area (Å²) in [5, 5.41) is 0. The van der Waals surface area contributed by atoms with Gasteiger partial charge in [0.1, 0.15) is 11.6 Å². The zero-order chi connectivity index (χ0) is 17.8. The quantitative estimate of drug-likeness (QED) is 0.851. The van der Waals surface area contributed by atoms with E-state index in [4.69, 9.17) is 9.15 Å². The summed E-state index contributed by atoms with van der Waals surface area (Å²) in [6, 6.07) is 8.97. The molecule has 1 aromatic carbocycles. The van der Waals surface area contributed by atoms with Gasteiger partial charge >= 0.3 is 0 Å². The van der Waals surface area contributed by atoms with E-state index >= 15 is 0 Å². The van der Waals surface area contributed by atoms with Gasteiger partial charge in [0.05, 0.1) is 6.26 Å². The molecule has 0 spiro atoms. The van der Waals surface area contributed by atoms with Crippen molar-refractivity contribution >= 4 is 11.8 Å². The molecule has 0 radical (unpaired) electrons. The first kappa shape index (κ1) is 17.0. The number of hydrogen-bond donors (Lipinski definition) is 0. The van der Waals surface area contributed by atoms with Crippen molar-refractivity contribution < 1.29 is 23.1 Å². The molecule has 3 rings (SSSR count). The van der Waals surface area contributed by atoms with E-state index in [-0.39, 0.29) is 11.8 Å². The first-order valence-electron chi connectivity index (χ1n) is 8.08. The van der Waals surface area contributed by atoms with Crippen molar-refractivity contribution in [1.29, 1.82) is 0 Å². The second-order valence-electron chi connectivity index (χ2n) is 5.81. The second-order valence-corrected chi connectivity index (χ2v) is 5.81. The predicted molar refractivity (Wildman–Crippen MR) is 87.7 cm³/mol. The largest absolute Gasteiger partial charge is 0.481 e. The highest BCUT2D eigenvalue weighted by Gasteiger charge is 2.29. The van der Waals surface area contributed by atoms with Crippen molar-refractivity contribution in [2.45, 2.75) is 13.0 Å². The van der Waals surface area contributed by atoms with Gasteiger partial charge in [-0.3, -0.25) is 9.59 Å². The third-order valence-corrected chi connectivity index (χ3v) is 4.07. The zero-order valence-electron chi connectivity index (χ0n) is 13.9. The Labute approximate surface area is 144 Å². The Kier molecular flexibility index (Phi) is 5.02. The van der Waals surface area contributed by atoms with E-state index in [1.807, 2.05) is 0 Å². The third-order valence-electron chi connectivity index (χ3n) is 4.07. The number of furan rings is 1. The average Bonchev–Trinajstić information content (AvgIpc) is 3.15. The second kappa shape index (κ2) is 7.38. The summed E-state index contributed by atoms with van der Waals surface area (Å²) >= 11 is 0. The van der Waals surface area contributed by atoms with Crippen LogP contribution < -0.4 is 4.74 Å². The first-order chi connectivity index (χ1) is 12.0. The standard InChI is InChI=1S/C18H19FN2O4/c1-13(25-15-5-2-4-14(19)12-15)17(22)20-7-9-21(10-8-20)18(23)16-6-3-11-24-16/h2-6,11-13H,7-10H2,1H3. The number of ether oxygens (including phenoxy) is 1. The lowest BCUT2D eigenvalue weighted by atomic mass is 10.2. The van der Waals surface area contributed by atoms with Crippen LogP contribution in [0.1, 0.15) is 17.5 Å². The van der Waals surface area contributed by atoms with Gasteiger partial charge in [-0.1, -0.05) is 6.07 Å². The predicted octanol–water partition coefficient (Wildman–Crippen LogP) is 2.17. The summed E-state index contributed by atoms with van der Waals surface area (Å²) in [4.78, 5) is 28.0. The highest BCUT2D eigenvalue weighted by Crippen LogP contribution is 2.16. The minimum atomic E-state index is -0.728. The molecule has 1 atom stereocenters. The number of nitrogens with zero attached hydrogens (tertiary/aromatic N) is 2. The SMILES string of the molecule is CC(Oc1cccc(F)c1)C(=O)N1CCN(C(=O)c2ccco2)CC1. The Morgan fingerprint density at radius 3 is 2.48 bits per heavy atom. The minimum absolute atomic E-state index is 0.179. The molecule has 2 heterocycles. The van der Waals surface area contributed by atoms with E-state index < -0.39 is 11.9 Å². The van der Waals surface area contributed by atoms with E-state index in [0.29, 0.717) is 37.7 Å². The molecule has 6 nitrogen and oxygen atoms in total. The van der Waals surface area contributed by atoms with Crippen LogP contribution in [0.3, 0.4) is 0 Å². The maximum atomic E-state index is 13.2. The molecule has 0 saturated carbocycles. The van der Waals surface area contributed by atoms with Crippen LogP contribution in [0.4, 0.5) is 4.39 Å². The van der Waals surface area contributed by atoms with Crippen LogP contribution in [0.25, 0.3) is 0 Å². The van der Waals surface area contributed by atoms with Crippen molar-refractivity contribution in [3.8, 4) is 5.75 Å². The zero-order valence-corrected chi connectivity index (χ0v) is 13.9. The van der Waals surface area contributed by atoms with Gasteiger partial charge in [0.25, 0.3) is 11.8 Å². The number of halogens is 1. The maximum Gasteiger partial charge on any atom is 0.289 e. The van der Waals surface area contributed by atoms with Crippen LogP contribution in [0.15, 0.2) is 47.1 Å². The average molecular weight is 346 g/mol. The van der Waals surface area contributed by atoms with Crippen molar-refractivity contribution in [2.75, 3.05) is 26.2 Å². The van der Waals surface area contributed by atoms with Crippen molar-refractivity contribution in [1.82, 2.24) is 9.80 Å². The van der Waals surface area contributed by atoms with Crippen LogP contribution in [-0.4, -0.2) is 53.9 Å². The molecule has 0 bridgehead atoms. The fourth-order valence-electron chi connectivity index (χ4n) is 2.74. The number of carbonyl (C=O) groups excluding carboxylic acids is 2. The molecule has 2 amide bonds. The molecule has 0 aliphatic carbocycles. The molecule has 7 heteroatoms. The van der Waals surface area contributed by atoms with Gasteiger partial charge in [0.2, 0.25) is 0 Å². The fourth-order valence-corrected chi connectivity index (χ4v) is 2.74. The van der Waals surface area contributed by atoms with Crippen molar-refractivity contribution in [3.05, 3.63) is 54.2 Å². The van der Waals surface area contributed by atoms with Gasteiger partial charge in [-0.25, -0.2) is 4.39 Å². The Morgan fingerprint density at radius 1 is 1.12 bits per heavy atom. The van der Waals surface area contributed by atoms with Gasteiger partial charge < -0.3 is 19.0 Å². The molecule has 1 aliphatic heterocycles. The van der Waals surface area contributed by atoms with Crippen LogP contribution in [0.2, 0.25) is 0 Å². The Hall–Kier alpha value is -2.83. The molecule has 2 aromatic rings. The lowest BCUT2D eigenvalue weighted by Crippen LogP contribution is -2.53. The monoisotopic (exact) mass is 346 g/mol. The molecule has 25 heavy (non-hydrogen) atoms. The lowest BCUT2D eigenvalue weighted by Gasteiger charge is -2.35. The Morgan fingerprint density at radius 2 is 1.84 bits per heavy atom. The molecule has 0 N–H and O–H groups in total. The van der Waals surface area contributed by atoms with Gasteiger partial charge in [0.15, 0.2) is 11.9 Å². The molecular formula is C18H19FN2O4. The molecular weight excluding hydrogens is 327 g/mol. The topological polar surface area (TPSA) is 63.0 Å².